The highest BCUT2D eigenvalue weighted by atomic mass is 32.1. The van der Waals surface area contributed by atoms with Gasteiger partial charge in [0.05, 0.1) is 6.04 Å². The smallest absolute Gasteiger partial charge is 0.0507 e. The number of thiophene rings is 1. The van der Waals surface area contributed by atoms with Crippen LogP contribution in [0.25, 0.3) is 0 Å². The van der Waals surface area contributed by atoms with E-state index in [-0.39, 0.29) is 6.04 Å². The second-order valence-electron chi connectivity index (χ2n) is 6.16. The Morgan fingerprint density at radius 2 is 2.26 bits per heavy atom. The van der Waals surface area contributed by atoms with Gasteiger partial charge in [0, 0.05) is 12.1 Å². The van der Waals surface area contributed by atoms with E-state index in [4.69, 9.17) is 5.73 Å². The molecule has 3 heteroatoms. The van der Waals surface area contributed by atoms with Gasteiger partial charge in [-0.3, -0.25) is 4.90 Å². The van der Waals surface area contributed by atoms with Crippen molar-refractivity contribution >= 4 is 11.3 Å². The molecule has 4 unspecified atom stereocenters. The minimum Gasteiger partial charge on any atom is -0.326 e. The first kappa shape index (κ1) is 15.0. The molecule has 1 saturated carbocycles. The Kier molecular flexibility index (Phi) is 5.43. The van der Waals surface area contributed by atoms with Crippen LogP contribution in [0.2, 0.25) is 0 Å². The zero-order valence-corrected chi connectivity index (χ0v) is 13.3. The number of hydrogen-bond donors (Lipinski definition) is 1. The SMILES string of the molecule is CCC(N)C(c1ccsc1)N(C)C1CCCC(C)C1. The fourth-order valence-electron chi connectivity index (χ4n) is 3.45. The highest BCUT2D eigenvalue weighted by Gasteiger charge is 2.30. The van der Waals surface area contributed by atoms with Crippen LogP contribution < -0.4 is 5.73 Å². The lowest BCUT2D eigenvalue weighted by Gasteiger charge is -2.41. The highest BCUT2D eigenvalue weighted by molar-refractivity contribution is 7.07. The van der Waals surface area contributed by atoms with Gasteiger partial charge in [-0.05, 0) is 54.6 Å². The normalized spacial score (nSPS) is 27.4. The van der Waals surface area contributed by atoms with Crippen molar-refractivity contribution in [3.05, 3.63) is 22.4 Å². The van der Waals surface area contributed by atoms with Crippen LogP contribution in [0.15, 0.2) is 16.8 Å². The van der Waals surface area contributed by atoms with E-state index in [0.717, 1.165) is 12.3 Å². The molecule has 2 nitrogen and oxygen atoms in total. The second kappa shape index (κ2) is 6.87. The lowest BCUT2D eigenvalue weighted by atomic mass is 9.84. The minimum atomic E-state index is 0.233. The maximum atomic E-state index is 6.41. The zero-order chi connectivity index (χ0) is 13.8. The molecular formula is C16H28N2S. The summed E-state index contributed by atoms with van der Waals surface area (Å²) in [6.45, 7) is 4.58. The topological polar surface area (TPSA) is 29.3 Å². The number of likely N-dealkylation sites (N-methyl/N-ethyl adjacent to an activating group) is 1. The Balaban J connectivity index is 2.13. The van der Waals surface area contributed by atoms with Crippen LogP contribution in [0.5, 0.6) is 0 Å². The molecule has 2 rings (SSSR count). The fraction of sp³-hybridized carbons (Fsp3) is 0.750. The summed E-state index contributed by atoms with van der Waals surface area (Å²) < 4.78 is 0. The molecule has 0 spiro atoms. The van der Waals surface area contributed by atoms with Crippen LogP contribution in [-0.2, 0) is 0 Å². The van der Waals surface area contributed by atoms with Gasteiger partial charge in [-0.1, -0.05) is 26.7 Å². The van der Waals surface area contributed by atoms with Crippen molar-refractivity contribution in [2.75, 3.05) is 7.05 Å². The third-order valence-electron chi connectivity index (χ3n) is 4.69. The van der Waals surface area contributed by atoms with Crippen molar-refractivity contribution in [1.82, 2.24) is 4.90 Å². The monoisotopic (exact) mass is 280 g/mol. The molecule has 0 radical (unpaired) electrons. The Morgan fingerprint density at radius 3 is 2.84 bits per heavy atom. The number of nitrogens with zero attached hydrogens (tertiary/aromatic N) is 1. The summed E-state index contributed by atoms with van der Waals surface area (Å²) in [5.41, 5.74) is 7.82. The summed E-state index contributed by atoms with van der Waals surface area (Å²) in [7, 11) is 2.28. The van der Waals surface area contributed by atoms with Crippen LogP contribution in [0.3, 0.4) is 0 Å². The summed E-state index contributed by atoms with van der Waals surface area (Å²) in [6, 6.07) is 3.56. The van der Waals surface area contributed by atoms with Crippen LogP contribution >= 0.6 is 11.3 Å². The van der Waals surface area contributed by atoms with Crippen molar-refractivity contribution in [1.29, 1.82) is 0 Å². The van der Waals surface area contributed by atoms with Crippen molar-refractivity contribution < 1.29 is 0 Å². The largest absolute Gasteiger partial charge is 0.326 e. The molecule has 0 aliphatic heterocycles. The van der Waals surface area contributed by atoms with Gasteiger partial charge in [0.25, 0.3) is 0 Å². The average molecular weight is 280 g/mol. The Morgan fingerprint density at radius 1 is 1.47 bits per heavy atom. The Labute approximate surface area is 122 Å². The maximum absolute atomic E-state index is 6.41. The van der Waals surface area contributed by atoms with Gasteiger partial charge in [0.2, 0.25) is 0 Å². The predicted octanol–water partition coefficient (Wildman–Crippen LogP) is 4.04. The number of hydrogen-bond acceptors (Lipinski definition) is 3. The molecule has 19 heavy (non-hydrogen) atoms. The third kappa shape index (κ3) is 3.59. The van der Waals surface area contributed by atoms with E-state index in [0.29, 0.717) is 12.1 Å². The Bertz CT molecular complexity index is 363. The van der Waals surface area contributed by atoms with E-state index in [1.54, 1.807) is 11.3 Å². The zero-order valence-electron chi connectivity index (χ0n) is 12.5. The average Bonchev–Trinajstić information content (AvgIpc) is 2.92. The summed E-state index contributed by atoms with van der Waals surface area (Å²) in [4.78, 5) is 2.56. The van der Waals surface area contributed by atoms with Gasteiger partial charge >= 0.3 is 0 Å². The van der Waals surface area contributed by atoms with Gasteiger partial charge in [-0.2, -0.15) is 11.3 Å². The quantitative estimate of drug-likeness (QED) is 0.882. The summed E-state index contributed by atoms with van der Waals surface area (Å²) in [5, 5.41) is 4.44. The summed E-state index contributed by atoms with van der Waals surface area (Å²) >= 11 is 1.78. The maximum Gasteiger partial charge on any atom is 0.0507 e. The first-order valence-corrected chi connectivity index (χ1v) is 8.57. The van der Waals surface area contributed by atoms with Crippen LogP contribution in [0.4, 0.5) is 0 Å². The van der Waals surface area contributed by atoms with E-state index in [2.05, 4.69) is 42.6 Å². The molecule has 1 aromatic rings. The van der Waals surface area contributed by atoms with Crippen LogP contribution in [0, 0.1) is 5.92 Å². The number of rotatable bonds is 5. The molecule has 0 saturated heterocycles. The second-order valence-corrected chi connectivity index (χ2v) is 6.94. The summed E-state index contributed by atoms with van der Waals surface area (Å²) in [6.07, 6.45) is 6.46. The standard InChI is InChI=1S/C16H28N2S/c1-4-15(17)16(13-8-9-19-11-13)18(3)14-7-5-6-12(2)10-14/h8-9,11-12,14-16H,4-7,10,17H2,1-3H3. The van der Waals surface area contributed by atoms with E-state index >= 15 is 0 Å². The van der Waals surface area contributed by atoms with E-state index in [1.165, 1.54) is 31.2 Å². The molecule has 0 amide bonds. The van der Waals surface area contributed by atoms with Crippen LogP contribution in [-0.4, -0.2) is 24.0 Å². The lowest BCUT2D eigenvalue weighted by molar-refractivity contribution is 0.102. The Hall–Kier alpha value is -0.380. The van der Waals surface area contributed by atoms with E-state index < -0.39 is 0 Å². The molecule has 1 aliphatic carbocycles. The molecule has 2 N–H and O–H groups in total. The molecule has 4 atom stereocenters. The van der Waals surface area contributed by atoms with Gasteiger partial charge < -0.3 is 5.73 Å². The van der Waals surface area contributed by atoms with E-state index in [9.17, 15) is 0 Å². The fourth-order valence-corrected chi connectivity index (χ4v) is 4.14. The van der Waals surface area contributed by atoms with E-state index in [1.807, 2.05) is 0 Å². The predicted molar refractivity (Wildman–Crippen MR) is 84.5 cm³/mol. The van der Waals surface area contributed by atoms with Crippen molar-refractivity contribution in [3.63, 3.8) is 0 Å². The number of nitrogens with two attached hydrogens (primary N) is 1. The van der Waals surface area contributed by atoms with Gasteiger partial charge in [0.15, 0.2) is 0 Å². The first-order chi connectivity index (χ1) is 9.13. The third-order valence-corrected chi connectivity index (χ3v) is 5.39. The molecular weight excluding hydrogens is 252 g/mol. The molecule has 1 aromatic heterocycles. The lowest BCUT2D eigenvalue weighted by Crippen LogP contribution is -2.45. The van der Waals surface area contributed by atoms with Crippen molar-refractivity contribution in [3.8, 4) is 0 Å². The molecule has 1 aliphatic rings. The molecule has 0 aromatic carbocycles. The molecule has 0 bridgehead atoms. The highest BCUT2D eigenvalue weighted by Crippen LogP contribution is 2.34. The van der Waals surface area contributed by atoms with Crippen LogP contribution in [0.1, 0.15) is 57.6 Å². The first-order valence-electron chi connectivity index (χ1n) is 7.63. The molecule has 1 fully saturated rings. The molecule has 1 heterocycles. The van der Waals surface area contributed by atoms with Crippen molar-refractivity contribution in [2.24, 2.45) is 11.7 Å². The summed E-state index contributed by atoms with van der Waals surface area (Å²) in [5.74, 6) is 0.863. The van der Waals surface area contributed by atoms with Crippen molar-refractivity contribution in [2.45, 2.75) is 64.1 Å². The minimum absolute atomic E-state index is 0.233. The molecule has 108 valence electrons. The van der Waals surface area contributed by atoms with Gasteiger partial charge in [0.1, 0.15) is 0 Å². The van der Waals surface area contributed by atoms with Gasteiger partial charge in [-0.15, -0.1) is 0 Å². The van der Waals surface area contributed by atoms with Gasteiger partial charge in [-0.25, -0.2) is 0 Å².